The molecule has 1 N–H and O–H groups in total. The quantitative estimate of drug-likeness (QED) is 0.407. The highest BCUT2D eigenvalue weighted by molar-refractivity contribution is 5.56. The molecule has 202 valence electrons. The fourth-order valence-electron chi connectivity index (χ4n) is 8.66. The van der Waals surface area contributed by atoms with Crippen LogP contribution < -0.4 is 5.32 Å². The lowest BCUT2D eigenvalue weighted by atomic mass is 9.79. The van der Waals surface area contributed by atoms with Gasteiger partial charge in [0.05, 0.1) is 17.7 Å². The molecule has 0 radical (unpaired) electrons. The fraction of sp³-hybridized carbons (Fsp3) is 0.486. The summed E-state index contributed by atoms with van der Waals surface area (Å²) in [5.74, 6) is 2.60. The molecule has 4 heterocycles. The summed E-state index contributed by atoms with van der Waals surface area (Å²) < 4.78 is 6.84. The first-order chi connectivity index (χ1) is 19.0. The average molecular weight is 520 g/mol. The van der Waals surface area contributed by atoms with Crippen LogP contribution in [0.2, 0.25) is 0 Å². The molecule has 39 heavy (non-hydrogen) atoms. The van der Waals surface area contributed by atoms with Gasteiger partial charge in [-0.2, -0.15) is 0 Å². The van der Waals surface area contributed by atoms with Crippen molar-refractivity contribution in [1.29, 1.82) is 0 Å². The van der Waals surface area contributed by atoms with Crippen LogP contribution in [0.1, 0.15) is 59.8 Å². The molecule has 0 saturated heterocycles. The van der Waals surface area contributed by atoms with Crippen molar-refractivity contribution in [3.8, 4) is 0 Å². The molecule has 0 aromatic heterocycles. The molecule has 0 aromatic carbocycles. The number of hydrogen-bond donors (Lipinski definition) is 1. The van der Waals surface area contributed by atoms with Gasteiger partial charge in [0.1, 0.15) is 11.9 Å². The highest BCUT2D eigenvalue weighted by Crippen LogP contribution is 2.54. The van der Waals surface area contributed by atoms with Crippen LogP contribution in [0.5, 0.6) is 0 Å². The number of fused-ring (bicyclic) bond motifs is 6. The number of nitrogens with one attached hydrogen (secondary N) is 1. The van der Waals surface area contributed by atoms with Crippen molar-refractivity contribution >= 4 is 0 Å². The van der Waals surface area contributed by atoms with E-state index in [2.05, 4.69) is 97.5 Å². The van der Waals surface area contributed by atoms with Crippen molar-refractivity contribution in [2.45, 2.75) is 84.3 Å². The zero-order chi connectivity index (χ0) is 26.4. The number of rotatable bonds is 2. The predicted octanol–water partition coefficient (Wildman–Crippen LogP) is 6.78. The van der Waals surface area contributed by atoms with Crippen LogP contribution in [0.3, 0.4) is 0 Å². The van der Waals surface area contributed by atoms with Crippen LogP contribution in [0.25, 0.3) is 0 Å². The first-order valence-electron chi connectivity index (χ1n) is 15.3. The van der Waals surface area contributed by atoms with E-state index in [-0.39, 0.29) is 12.4 Å². The number of ether oxygens (including phenoxy) is 1. The Morgan fingerprint density at radius 2 is 1.95 bits per heavy atom. The maximum atomic E-state index is 6.84. The van der Waals surface area contributed by atoms with Crippen LogP contribution in [0.4, 0.5) is 0 Å². The number of hydrogen-bond acceptors (Lipinski definition) is 4. The van der Waals surface area contributed by atoms with Crippen LogP contribution in [-0.2, 0) is 4.74 Å². The highest BCUT2D eigenvalue weighted by atomic mass is 16.5. The highest BCUT2D eigenvalue weighted by Gasteiger charge is 2.53. The molecule has 0 spiro atoms. The van der Waals surface area contributed by atoms with E-state index in [1.54, 1.807) is 11.3 Å². The molecule has 0 amide bonds. The Balaban J connectivity index is 1.19. The third kappa shape index (κ3) is 3.46. The third-order valence-electron chi connectivity index (χ3n) is 10.4. The van der Waals surface area contributed by atoms with Gasteiger partial charge in [0.15, 0.2) is 6.23 Å². The summed E-state index contributed by atoms with van der Waals surface area (Å²) in [6, 6.07) is 0.715. The topological polar surface area (TPSA) is 27.7 Å². The van der Waals surface area contributed by atoms with Gasteiger partial charge in [0, 0.05) is 23.9 Å². The molecule has 4 heteroatoms. The molecule has 4 nitrogen and oxygen atoms in total. The summed E-state index contributed by atoms with van der Waals surface area (Å²) in [6.45, 7) is 10.5. The van der Waals surface area contributed by atoms with Gasteiger partial charge >= 0.3 is 0 Å². The molecule has 8 rings (SSSR count). The molecule has 8 aliphatic rings. The van der Waals surface area contributed by atoms with Crippen LogP contribution in [0, 0.1) is 17.8 Å². The Morgan fingerprint density at radius 3 is 2.79 bits per heavy atom. The van der Waals surface area contributed by atoms with E-state index < -0.39 is 0 Å². The van der Waals surface area contributed by atoms with Crippen LogP contribution >= 0.6 is 0 Å². The summed E-state index contributed by atoms with van der Waals surface area (Å²) in [5, 5.41) is 3.70. The Labute approximate surface area is 233 Å². The van der Waals surface area contributed by atoms with E-state index in [0.29, 0.717) is 29.8 Å². The lowest BCUT2D eigenvalue weighted by molar-refractivity contribution is 0.0776. The second-order valence-electron chi connectivity index (χ2n) is 13.0. The largest absolute Gasteiger partial charge is 0.474 e. The van der Waals surface area contributed by atoms with E-state index >= 15 is 0 Å². The molecule has 0 bridgehead atoms. The molecular weight excluding hydrogens is 478 g/mol. The van der Waals surface area contributed by atoms with Gasteiger partial charge in [-0.1, -0.05) is 62.5 Å². The Hall–Kier alpha value is -2.98. The van der Waals surface area contributed by atoms with E-state index in [4.69, 9.17) is 4.74 Å². The first-order valence-corrected chi connectivity index (χ1v) is 15.3. The number of nitrogens with zero attached hydrogens (tertiary/aromatic N) is 2. The maximum absolute atomic E-state index is 6.84. The van der Waals surface area contributed by atoms with Gasteiger partial charge in [-0.25, -0.2) is 0 Å². The van der Waals surface area contributed by atoms with E-state index in [9.17, 15) is 0 Å². The van der Waals surface area contributed by atoms with Gasteiger partial charge in [0.25, 0.3) is 0 Å². The maximum Gasteiger partial charge on any atom is 0.160 e. The van der Waals surface area contributed by atoms with Crippen molar-refractivity contribution in [2.24, 2.45) is 17.8 Å². The minimum atomic E-state index is 0.0776. The second-order valence-corrected chi connectivity index (χ2v) is 13.0. The molecule has 0 aromatic rings. The van der Waals surface area contributed by atoms with Crippen molar-refractivity contribution in [2.75, 3.05) is 6.54 Å². The average Bonchev–Trinajstić information content (AvgIpc) is 3.57. The minimum Gasteiger partial charge on any atom is -0.474 e. The monoisotopic (exact) mass is 519 g/mol. The summed E-state index contributed by atoms with van der Waals surface area (Å²) >= 11 is 0. The first kappa shape index (κ1) is 23.9. The Morgan fingerprint density at radius 1 is 1.05 bits per heavy atom. The predicted molar refractivity (Wildman–Crippen MR) is 157 cm³/mol. The van der Waals surface area contributed by atoms with Crippen molar-refractivity contribution in [3.63, 3.8) is 0 Å². The standard InChI is InChI=1S/C35H41N3O/c1-20-9-5-6-10-26(20)25-17-21(2)32(22(3)18-25)38-30-12-8-7-11-29(30)37-19-24-14-16-27-28-15-13-23(4)36-34(28)39-33(27)31(24)35(37)38/h5-7,10-11,13,15,17-18,20-21,23,28,32,34-36H,8-9,12,14,16,19H2,1-4H3. The van der Waals surface area contributed by atoms with E-state index in [1.165, 1.54) is 39.3 Å². The van der Waals surface area contributed by atoms with Gasteiger partial charge < -0.3 is 14.5 Å². The van der Waals surface area contributed by atoms with Crippen molar-refractivity contribution in [1.82, 2.24) is 15.1 Å². The minimum absolute atomic E-state index is 0.0776. The Bertz CT molecular complexity index is 1410. The van der Waals surface area contributed by atoms with Gasteiger partial charge in [-0.15, -0.1) is 0 Å². The fourth-order valence-corrected chi connectivity index (χ4v) is 8.66. The molecule has 4 aliphatic heterocycles. The lowest BCUT2D eigenvalue weighted by Crippen LogP contribution is -2.48. The molecule has 7 unspecified atom stereocenters. The summed E-state index contributed by atoms with van der Waals surface area (Å²) in [4.78, 5) is 5.54. The Kier molecular flexibility index (Phi) is 5.36. The van der Waals surface area contributed by atoms with E-state index in [0.717, 1.165) is 38.6 Å². The normalized spacial score (nSPS) is 38.3. The van der Waals surface area contributed by atoms with Gasteiger partial charge in [-0.05, 0) is 91.7 Å². The number of allylic oxidation sites excluding steroid dienone is 9. The molecule has 7 atom stereocenters. The smallest absolute Gasteiger partial charge is 0.160 e. The van der Waals surface area contributed by atoms with Crippen LogP contribution in [0.15, 0.2) is 105 Å². The molecule has 4 aliphatic carbocycles. The molecular formula is C35H41N3O. The van der Waals surface area contributed by atoms with Crippen molar-refractivity contribution in [3.05, 3.63) is 105 Å². The van der Waals surface area contributed by atoms with E-state index in [1.807, 2.05) is 0 Å². The van der Waals surface area contributed by atoms with Crippen molar-refractivity contribution < 1.29 is 4.74 Å². The van der Waals surface area contributed by atoms with Gasteiger partial charge in [-0.3, -0.25) is 5.32 Å². The lowest BCUT2D eigenvalue weighted by Gasteiger charge is -2.43. The molecule has 0 fully saturated rings. The summed E-state index contributed by atoms with van der Waals surface area (Å²) in [6.07, 6.45) is 27.5. The summed E-state index contributed by atoms with van der Waals surface area (Å²) in [5.41, 5.74) is 12.0. The van der Waals surface area contributed by atoms with Gasteiger partial charge in [0.2, 0.25) is 0 Å². The summed E-state index contributed by atoms with van der Waals surface area (Å²) in [7, 11) is 0. The van der Waals surface area contributed by atoms with Crippen LogP contribution in [-0.4, -0.2) is 40.8 Å². The zero-order valence-electron chi connectivity index (χ0n) is 23.8. The second kappa shape index (κ2) is 8.76. The zero-order valence-corrected chi connectivity index (χ0v) is 23.8. The third-order valence-corrected chi connectivity index (χ3v) is 10.4. The SMILES string of the molecule is CC1=CC(C2=CC=CCC2C)=CC(C)C1N1C2=C(C=CCC2)N2CC3=C(C4=C(CC3)C3C=CC(C)NC3O4)C21. The molecule has 0 saturated carbocycles.